The zero-order chi connectivity index (χ0) is 19.9. The minimum Gasteiger partial charge on any atom is -0.496 e. The second-order valence-electron chi connectivity index (χ2n) is 5.86. The monoisotopic (exact) mass is 383 g/mol. The Labute approximate surface area is 162 Å². The molecule has 2 aromatic carbocycles. The molecule has 0 aromatic heterocycles. The molecule has 1 heterocycles. The Kier molecular flexibility index (Phi) is 6.16. The maximum Gasteiger partial charge on any atom is 0.330 e. The van der Waals surface area contributed by atoms with Crippen LogP contribution in [0.5, 0.6) is 17.2 Å². The minimum atomic E-state index is -0.398. The standard InChI is InChI=1S/C21H21NO6/c1-3-26-20(23)9-6-14-4-7-15(8-5-14)22-21(24)16-12-18-19(13-17(16)25-2)28-11-10-27-18/h4-9,12-13H,3,10-11H2,1-2H3,(H,22,24)/b9-6+. The molecule has 1 amide bonds. The van der Waals surface area contributed by atoms with Crippen LogP contribution < -0.4 is 19.5 Å². The van der Waals surface area contributed by atoms with Crippen molar-refractivity contribution in [2.45, 2.75) is 6.92 Å². The molecule has 0 saturated carbocycles. The van der Waals surface area contributed by atoms with Gasteiger partial charge in [-0.05, 0) is 30.7 Å². The van der Waals surface area contributed by atoms with E-state index in [1.807, 2.05) is 0 Å². The number of nitrogens with one attached hydrogen (secondary N) is 1. The van der Waals surface area contributed by atoms with Crippen LogP contribution in [0.15, 0.2) is 42.5 Å². The van der Waals surface area contributed by atoms with Crippen molar-refractivity contribution in [2.24, 2.45) is 0 Å². The summed E-state index contributed by atoms with van der Waals surface area (Å²) < 4.78 is 21.2. The highest BCUT2D eigenvalue weighted by Crippen LogP contribution is 2.37. The lowest BCUT2D eigenvalue weighted by atomic mass is 10.1. The maximum atomic E-state index is 12.7. The van der Waals surface area contributed by atoms with Crippen molar-refractivity contribution >= 4 is 23.6 Å². The lowest BCUT2D eigenvalue weighted by molar-refractivity contribution is -0.137. The van der Waals surface area contributed by atoms with Crippen molar-refractivity contribution in [2.75, 3.05) is 32.2 Å². The third-order valence-electron chi connectivity index (χ3n) is 3.98. The van der Waals surface area contributed by atoms with E-state index in [0.29, 0.717) is 48.3 Å². The summed E-state index contributed by atoms with van der Waals surface area (Å²) in [4.78, 5) is 24.0. The van der Waals surface area contributed by atoms with E-state index >= 15 is 0 Å². The first-order valence-electron chi connectivity index (χ1n) is 8.84. The Balaban J connectivity index is 1.72. The van der Waals surface area contributed by atoms with Crippen LogP contribution in [0.2, 0.25) is 0 Å². The topological polar surface area (TPSA) is 83.1 Å². The number of carbonyl (C=O) groups excluding carboxylic acids is 2. The van der Waals surface area contributed by atoms with Gasteiger partial charge in [-0.25, -0.2) is 4.79 Å². The Morgan fingerprint density at radius 1 is 1.11 bits per heavy atom. The van der Waals surface area contributed by atoms with Crippen molar-refractivity contribution in [1.29, 1.82) is 0 Å². The number of methoxy groups -OCH3 is 1. The Morgan fingerprint density at radius 2 is 1.79 bits per heavy atom. The number of benzene rings is 2. The molecule has 2 aromatic rings. The molecule has 1 aliphatic heterocycles. The number of hydrogen-bond acceptors (Lipinski definition) is 6. The number of anilines is 1. The molecule has 0 bridgehead atoms. The van der Waals surface area contributed by atoms with Gasteiger partial charge in [0.05, 0.1) is 19.3 Å². The molecule has 7 nitrogen and oxygen atoms in total. The molecule has 0 aliphatic carbocycles. The van der Waals surface area contributed by atoms with Gasteiger partial charge in [0.1, 0.15) is 19.0 Å². The summed E-state index contributed by atoms with van der Waals surface area (Å²) in [6.07, 6.45) is 3.00. The van der Waals surface area contributed by atoms with Crippen molar-refractivity contribution in [1.82, 2.24) is 0 Å². The quantitative estimate of drug-likeness (QED) is 0.609. The van der Waals surface area contributed by atoms with Crippen molar-refractivity contribution in [3.8, 4) is 17.2 Å². The van der Waals surface area contributed by atoms with E-state index in [1.165, 1.54) is 13.2 Å². The van der Waals surface area contributed by atoms with Crippen LogP contribution in [0.25, 0.3) is 6.08 Å². The lowest BCUT2D eigenvalue weighted by Crippen LogP contribution is -2.18. The smallest absolute Gasteiger partial charge is 0.330 e. The highest BCUT2D eigenvalue weighted by Gasteiger charge is 2.20. The van der Waals surface area contributed by atoms with Gasteiger partial charge in [0.15, 0.2) is 11.5 Å². The summed E-state index contributed by atoms with van der Waals surface area (Å²) in [5.41, 5.74) is 1.76. The van der Waals surface area contributed by atoms with Gasteiger partial charge in [0.2, 0.25) is 0 Å². The third kappa shape index (κ3) is 4.62. The number of esters is 1. The third-order valence-corrected chi connectivity index (χ3v) is 3.98. The molecule has 0 unspecified atom stereocenters. The lowest BCUT2D eigenvalue weighted by Gasteiger charge is -2.20. The molecule has 146 valence electrons. The second kappa shape index (κ2) is 8.94. The molecule has 1 aliphatic rings. The van der Waals surface area contributed by atoms with Gasteiger partial charge < -0.3 is 24.3 Å². The highest BCUT2D eigenvalue weighted by molar-refractivity contribution is 6.06. The fraction of sp³-hybridized carbons (Fsp3) is 0.238. The van der Waals surface area contributed by atoms with Crippen molar-refractivity contribution in [3.63, 3.8) is 0 Å². The molecular weight excluding hydrogens is 362 g/mol. The fourth-order valence-electron chi connectivity index (χ4n) is 2.65. The van der Waals surface area contributed by atoms with Crippen LogP contribution in [-0.4, -0.2) is 38.8 Å². The predicted molar refractivity (Wildman–Crippen MR) is 104 cm³/mol. The predicted octanol–water partition coefficient (Wildman–Crippen LogP) is 3.30. The summed E-state index contributed by atoms with van der Waals surface area (Å²) in [7, 11) is 1.49. The SMILES string of the molecule is CCOC(=O)/C=C/c1ccc(NC(=O)c2cc3c(cc2OC)OCCO3)cc1. The molecule has 0 spiro atoms. The average Bonchev–Trinajstić information content (AvgIpc) is 2.72. The van der Waals surface area contributed by atoms with Crippen LogP contribution in [0.4, 0.5) is 5.69 Å². The van der Waals surface area contributed by atoms with Gasteiger partial charge in [0, 0.05) is 23.9 Å². The van der Waals surface area contributed by atoms with Crippen LogP contribution >= 0.6 is 0 Å². The van der Waals surface area contributed by atoms with Crippen LogP contribution in [-0.2, 0) is 9.53 Å². The molecule has 0 atom stereocenters. The van der Waals surface area contributed by atoms with Crippen LogP contribution in [0, 0.1) is 0 Å². The van der Waals surface area contributed by atoms with E-state index in [4.69, 9.17) is 18.9 Å². The van der Waals surface area contributed by atoms with E-state index in [9.17, 15) is 9.59 Å². The molecule has 3 rings (SSSR count). The van der Waals surface area contributed by atoms with E-state index < -0.39 is 5.97 Å². The van der Waals surface area contributed by atoms with E-state index in [0.717, 1.165) is 5.56 Å². The Bertz CT molecular complexity index is 889. The number of ether oxygens (including phenoxy) is 4. The number of amides is 1. The molecule has 1 N–H and O–H groups in total. The van der Waals surface area contributed by atoms with Gasteiger partial charge in [-0.1, -0.05) is 12.1 Å². The van der Waals surface area contributed by atoms with E-state index in [-0.39, 0.29) is 5.91 Å². The summed E-state index contributed by atoms with van der Waals surface area (Å²) in [6, 6.07) is 10.3. The fourth-order valence-corrected chi connectivity index (χ4v) is 2.65. The Morgan fingerprint density at radius 3 is 2.43 bits per heavy atom. The first kappa shape index (κ1) is 19.3. The van der Waals surface area contributed by atoms with Crippen molar-refractivity contribution < 1.29 is 28.5 Å². The van der Waals surface area contributed by atoms with Gasteiger partial charge in [-0.3, -0.25) is 4.79 Å². The summed E-state index contributed by atoms with van der Waals surface area (Å²) >= 11 is 0. The first-order chi connectivity index (χ1) is 13.6. The summed E-state index contributed by atoms with van der Waals surface area (Å²) in [6.45, 7) is 2.97. The number of fused-ring (bicyclic) bond motifs is 1. The zero-order valence-electron chi connectivity index (χ0n) is 15.7. The number of hydrogen-bond donors (Lipinski definition) is 1. The van der Waals surface area contributed by atoms with Gasteiger partial charge in [-0.15, -0.1) is 0 Å². The van der Waals surface area contributed by atoms with Crippen molar-refractivity contribution in [3.05, 3.63) is 53.6 Å². The van der Waals surface area contributed by atoms with Crippen LogP contribution in [0.3, 0.4) is 0 Å². The minimum absolute atomic E-state index is 0.330. The van der Waals surface area contributed by atoms with Crippen LogP contribution in [0.1, 0.15) is 22.8 Å². The van der Waals surface area contributed by atoms with Gasteiger partial charge >= 0.3 is 5.97 Å². The van der Waals surface area contributed by atoms with Gasteiger partial charge in [0.25, 0.3) is 5.91 Å². The van der Waals surface area contributed by atoms with E-state index in [2.05, 4.69) is 5.32 Å². The molecule has 0 radical (unpaired) electrons. The molecular formula is C21H21NO6. The first-order valence-corrected chi connectivity index (χ1v) is 8.84. The largest absolute Gasteiger partial charge is 0.496 e. The molecule has 0 saturated heterocycles. The van der Waals surface area contributed by atoms with E-state index in [1.54, 1.807) is 49.4 Å². The number of carbonyl (C=O) groups is 2. The molecule has 28 heavy (non-hydrogen) atoms. The molecule has 7 heteroatoms. The summed E-state index contributed by atoms with van der Waals surface area (Å²) in [5, 5.41) is 2.82. The number of rotatable bonds is 6. The zero-order valence-corrected chi connectivity index (χ0v) is 15.7. The normalized spacial score (nSPS) is 12.5. The highest BCUT2D eigenvalue weighted by atomic mass is 16.6. The maximum absolute atomic E-state index is 12.7. The molecule has 0 fully saturated rings. The second-order valence-corrected chi connectivity index (χ2v) is 5.86. The van der Waals surface area contributed by atoms with Gasteiger partial charge in [-0.2, -0.15) is 0 Å². The summed E-state index contributed by atoms with van der Waals surface area (Å²) in [5.74, 6) is 0.735. The Hall–Kier alpha value is -3.48. The average molecular weight is 383 g/mol.